The molecule has 0 spiro atoms. The number of ether oxygens (including phenoxy) is 1. The van der Waals surface area contributed by atoms with Gasteiger partial charge >= 0.3 is 0 Å². The summed E-state index contributed by atoms with van der Waals surface area (Å²) in [5, 5.41) is 15.4. The molecular weight excluding hydrogens is 438 g/mol. The monoisotopic (exact) mass is 459 g/mol. The molecular formula is C26H22ClN3O3. The highest BCUT2D eigenvalue weighted by Crippen LogP contribution is 2.26. The van der Waals surface area contributed by atoms with Crippen LogP contribution >= 0.6 is 11.6 Å². The van der Waals surface area contributed by atoms with Crippen molar-refractivity contribution in [3.05, 3.63) is 94.0 Å². The maximum absolute atomic E-state index is 12.6. The van der Waals surface area contributed by atoms with E-state index in [1.807, 2.05) is 50.2 Å². The number of nitrogens with zero attached hydrogens (tertiary/aromatic N) is 1. The van der Waals surface area contributed by atoms with Crippen LogP contribution in [0.4, 0.5) is 11.4 Å². The molecule has 3 aromatic carbocycles. The molecule has 7 heteroatoms. The van der Waals surface area contributed by atoms with E-state index >= 15 is 0 Å². The minimum absolute atomic E-state index is 0.132. The molecule has 2 N–H and O–H groups in total. The number of benzene rings is 3. The third kappa shape index (κ3) is 6.96. The molecule has 3 rings (SSSR count). The molecule has 166 valence electrons. The zero-order valence-corrected chi connectivity index (χ0v) is 18.9. The van der Waals surface area contributed by atoms with Crippen LogP contribution in [0.3, 0.4) is 0 Å². The van der Waals surface area contributed by atoms with Gasteiger partial charge in [-0.15, -0.1) is 0 Å². The molecule has 0 fully saturated rings. The summed E-state index contributed by atoms with van der Waals surface area (Å²) in [5.74, 6) is -0.595. The number of anilines is 2. The Morgan fingerprint density at radius 2 is 1.73 bits per heavy atom. The summed E-state index contributed by atoms with van der Waals surface area (Å²) in [6, 6.07) is 21.3. The first-order valence-electron chi connectivity index (χ1n) is 10.1. The number of rotatable bonds is 7. The van der Waals surface area contributed by atoms with Gasteiger partial charge < -0.3 is 15.4 Å². The highest BCUT2D eigenvalue weighted by molar-refractivity contribution is 6.30. The van der Waals surface area contributed by atoms with Crippen LogP contribution in [-0.2, 0) is 9.59 Å². The largest absolute Gasteiger partial charge is 0.483 e. The fourth-order valence-corrected chi connectivity index (χ4v) is 3.15. The second-order valence-electron chi connectivity index (χ2n) is 7.38. The molecule has 0 aliphatic carbocycles. The first kappa shape index (κ1) is 23.6. The van der Waals surface area contributed by atoms with Crippen LogP contribution < -0.4 is 15.4 Å². The normalized spacial score (nSPS) is 10.8. The lowest BCUT2D eigenvalue weighted by molar-refractivity contribution is -0.118. The highest BCUT2D eigenvalue weighted by atomic mass is 35.5. The van der Waals surface area contributed by atoms with Crippen molar-refractivity contribution < 1.29 is 14.3 Å². The van der Waals surface area contributed by atoms with Gasteiger partial charge in [-0.05, 0) is 68.0 Å². The van der Waals surface area contributed by atoms with E-state index < -0.39 is 5.91 Å². The molecule has 3 aromatic rings. The van der Waals surface area contributed by atoms with E-state index in [0.717, 1.165) is 11.1 Å². The van der Waals surface area contributed by atoms with Gasteiger partial charge in [-0.2, -0.15) is 5.26 Å². The maximum Gasteiger partial charge on any atom is 0.266 e. The van der Waals surface area contributed by atoms with E-state index in [4.69, 9.17) is 16.3 Å². The van der Waals surface area contributed by atoms with Gasteiger partial charge in [-0.3, -0.25) is 9.59 Å². The number of halogens is 1. The summed E-state index contributed by atoms with van der Waals surface area (Å²) >= 11 is 6.10. The lowest BCUT2D eigenvalue weighted by atomic mass is 10.1. The van der Waals surface area contributed by atoms with Gasteiger partial charge in [-0.25, -0.2) is 0 Å². The third-order valence-corrected chi connectivity index (χ3v) is 4.84. The minimum atomic E-state index is -0.565. The molecule has 0 atom stereocenters. The van der Waals surface area contributed by atoms with Crippen molar-refractivity contribution in [2.45, 2.75) is 13.8 Å². The molecule has 2 amide bonds. The Balaban J connectivity index is 1.74. The summed E-state index contributed by atoms with van der Waals surface area (Å²) in [4.78, 5) is 24.9. The Morgan fingerprint density at radius 3 is 2.42 bits per heavy atom. The van der Waals surface area contributed by atoms with Gasteiger partial charge in [0.05, 0.1) is 0 Å². The van der Waals surface area contributed by atoms with E-state index in [2.05, 4.69) is 10.6 Å². The first-order valence-corrected chi connectivity index (χ1v) is 10.5. The van der Waals surface area contributed by atoms with Crippen LogP contribution in [0.25, 0.3) is 6.08 Å². The Morgan fingerprint density at radius 1 is 0.970 bits per heavy atom. The van der Waals surface area contributed by atoms with Crippen LogP contribution in [0.2, 0.25) is 5.02 Å². The Hall–Kier alpha value is -4.08. The summed E-state index contributed by atoms with van der Waals surface area (Å²) in [6.07, 6.45) is 1.38. The Kier molecular flexibility index (Phi) is 7.85. The molecule has 0 aromatic heterocycles. The first-order chi connectivity index (χ1) is 15.8. The highest BCUT2D eigenvalue weighted by Gasteiger charge is 2.13. The zero-order valence-electron chi connectivity index (χ0n) is 18.2. The topological polar surface area (TPSA) is 91.2 Å². The quantitative estimate of drug-likeness (QED) is 0.359. The standard InChI is InChI=1S/C26H22ClN3O3/c1-17-6-9-22(10-7-17)30-26(32)20(15-28)13-19-14-21(27)8-11-24(19)33-16-25(31)29-23-5-3-4-18(2)12-23/h3-14H,16H2,1-2H3,(H,29,31)(H,30,32)/b20-13+. The number of hydrogen-bond donors (Lipinski definition) is 2. The lowest BCUT2D eigenvalue weighted by Crippen LogP contribution is -2.20. The number of amides is 2. The molecule has 0 unspecified atom stereocenters. The van der Waals surface area contributed by atoms with Gasteiger partial charge in [-0.1, -0.05) is 41.4 Å². The van der Waals surface area contributed by atoms with Crippen molar-refractivity contribution >= 4 is 40.9 Å². The summed E-state index contributed by atoms with van der Waals surface area (Å²) < 4.78 is 5.66. The molecule has 6 nitrogen and oxygen atoms in total. The molecule has 33 heavy (non-hydrogen) atoms. The number of nitriles is 1. The predicted octanol–water partition coefficient (Wildman–Crippen LogP) is 5.52. The average molecular weight is 460 g/mol. The molecule has 0 saturated heterocycles. The van der Waals surface area contributed by atoms with Crippen molar-refractivity contribution in [1.29, 1.82) is 5.26 Å². The second kappa shape index (κ2) is 11.0. The summed E-state index contributed by atoms with van der Waals surface area (Å²) in [6.45, 7) is 3.61. The summed E-state index contributed by atoms with van der Waals surface area (Å²) in [7, 11) is 0. The van der Waals surface area contributed by atoms with Crippen LogP contribution in [-0.4, -0.2) is 18.4 Å². The molecule has 0 aliphatic rings. The van der Waals surface area contributed by atoms with E-state index in [1.165, 1.54) is 6.08 Å². The fraction of sp³-hybridized carbons (Fsp3) is 0.115. The Labute approximate surface area is 197 Å². The smallest absolute Gasteiger partial charge is 0.266 e. The predicted molar refractivity (Wildman–Crippen MR) is 130 cm³/mol. The summed E-state index contributed by atoms with van der Waals surface area (Å²) in [5.41, 5.74) is 3.58. The number of carbonyl (C=O) groups excluding carboxylic acids is 2. The van der Waals surface area contributed by atoms with Gasteiger partial charge in [0.25, 0.3) is 11.8 Å². The van der Waals surface area contributed by atoms with Crippen molar-refractivity contribution in [3.8, 4) is 11.8 Å². The SMILES string of the molecule is Cc1ccc(NC(=O)/C(C#N)=C/c2cc(Cl)ccc2OCC(=O)Nc2cccc(C)c2)cc1. The van der Waals surface area contributed by atoms with Gasteiger partial charge in [0.15, 0.2) is 6.61 Å². The zero-order chi connectivity index (χ0) is 23.8. The van der Waals surface area contributed by atoms with E-state index in [9.17, 15) is 14.9 Å². The van der Waals surface area contributed by atoms with Crippen molar-refractivity contribution in [3.63, 3.8) is 0 Å². The molecule has 0 aliphatic heterocycles. The average Bonchev–Trinajstić information content (AvgIpc) is 2.78. The third-order valence-electron chi connectivity index (χ3n) is 4.61. The van der Waals surface area contributed by atoms with Crippen molar-refractivity contribution in [1.82, 2.24) is 0 Å². The van der Waals surface area contributed by atoms with Crippen LogP contribution in [0.15, 0.2) is 72.3 Å². The molecule has 0 radical (unpaired) electrons. The number of carbonyl (C=O) groups is 2. The fourth-order valence-electron chi connectivity index (χ4n) is 2.97. The maximum atomic E-state index is 12.6. The number of nitrogens with one attached hydrogen (secondary N) is 2. The minimum Gasteiger partial charge on any atom is -0.483 e. The van der Waals surface area contributed by atoms with Gasteiger partial charge in [0.1, 0.15) is 17.4 Å². The lowest BCUT2D eigenvalue weighted by Gasteiger charge is -2.11. The molecule has 0 bridgehead atoms. The molecule has 0 saturated carbocycles. The number of hydrogen-bond acceptors (Lipinski definition) is 4. The van der Waals surface area contributed by atoms with Crippen LogP contribution in [0, 0.1) is 25.2 Å². The van der Waals surface area contributed by atoms with E-state index in [1.54, 1.807) is 36.4 Å². The van der Waals surface area contributed by atoms with E-state index in [0.29, 0.717) is 27.7 Å². The van der Waals surface area contributed by atoms with Crippen LogP contribution in [0.1, 0.15) is 16.7 Å². The van der Waals surface area contributed by atoms with Crippen molar-refractivity contribution in [2.24, 2.45) is 0 Å². The number of aryl methyl sites for hydroxylation is 2. The van der Waals surface area contributed by atoms with Gasteiger partial charge in [0.2, 0.25) is 0 Å². The molecule has 0 heterocycles. The van der Waals surface area contributed by atoms with Crippen LogP contribution in [0.5, 0.6) is 5.75 Å². The second-order valence-corrected chi connectivity index (χ2v) is 7.81. The van der Waals surface area contributed by atoms with E-state index in [-0.39, 0.29) is 18.1 Å². The Bertz CT molecular complexity index is 1240. The van der Waals surface area contributed by atoms with Gasteiger partial charge in [0, 0.05) is 22.0 Å². The van der Waals surface area contributed by atoms with Crippen molar-refractivity contribution in [2.75, 3.05) is 17.2 Å².